The number of rotatable bonds is 18. The Balaban J connectivity index is 0.000000146. The van der Waals surface area contributed by atoms with Crippen molar-refractivity contribution in [2.75, 3.05) is 0 Å². The van der Waals surface area contributed by atoms with E-state index in [2.05, 4.69) is 293 Å². The molecule has 0 unspecified atom stereocenters. The number of aromatic nitrogens is 6. The van der Waals surface area contributed by atoms with Crippen molar-refractivity contribution in [3.63, 3.8) is 0 Å². The first-order chi connectivity index (χ1) is 61.3. The van der Waals surface area contributed by atoms with E-state index in [0.29, 0.717) is 0 Å². The first-order valence-corrected chi connectivity index (χ1v) is 56.7. The molecule has 6 fully saturated rings. The van der Waals surface area contributed by atoms with E-state index in [-0.39, 0.29) is 60.3 Å². The maximum Gasteiger partial charge on any atom is 0.0798 e. The molecule has 3 radical (unpaired) electrons. The number of hydrogen-bond acceptors (Lipinski definition) is 6. The zero-order valence-electron chi connectivity index (χ0n) is 76.4. The molecule has 6 aromatic heterocycles. The van der Waals surface area contributed by atoms with E-state index in [1.165, 1.54) is 158 Å². The molecule has 129 heavy (non-hydrogen) atoms. The molecule has 4 bridgehead atoms. The van der Waals surface area contributed by atoms with Crippen LogP contribution in [-0.4, -0.2) is 54.1 Å². The molecular formula is C117H122Ir3N6Si3-6. The Labute approximate surface area is 814 Å². The minimum Gasteiger partial charge on any atom is -0.305 e. The van der Waals surface area contributed by atoms with Crippen LogP contribution in [0.15, 0.2) is 328 Å². The van der Waals surface area contributed by atoms with Gasteiger partial charge in [0.15, 0.2) is 0 Å². The molecule has 0 N–H and O–H groups in total. The Morgan fingerprint density at radius 2 is 0.550 bits per heavy atom. The smallest absolute Gasteiger partial charge is 0.0798 e. The fourth-order valence-corrected chi connectivity index (χ4v) is 24.5. The third-order valence-corrected chi connectivity index (χ3v) is 32.2. The largest absolute Gasteiger partial charge is 0.305 e. The summed E-state index contributed by atoms with van der Waals surface area (Å²) in [5.74, 6) is 6.64. The summed E-state index contributed by atoms with van der Waals surface area (Å²) in [4.78, 5) is 27.4. The summed E-state index contributed by atoms with van der Waals surface area (Å²) in [6, 6.07) is 119. The normalized spacial score (nSPS) is 16.7. The van der Waals surface area contributed by atoms with Crippen molar-refractivity contribution in [2.24, 2.45) is 41.4 Å². The molecule has 665 valence electrons. The van der Waals surface area contributed by atoms with Gasteiger partial charge in [0.2, 0.25) is 0 Å². The number of nitrogens with zero attached hydrogens (tertiary/aromatic N) is 6. The van der Waals surface area contributed by atoms with E-state index < -0.39 is 24.2 Å². The van der Waals surface area contributed by atoms with Crippen LogP contribution < -0.4 is 15.6 Å². The van der Waals surface area contributed by atoms with E-state index in [4.69, 9.17) is 15.0 Å². The van der Waals surface area contributed by atoms with Crippen LogP contribution in [0.25, 0.3) is 101 Å². The quantitative estimate of drug-likeness (QED) is 0.0629. The van der Waals surface area contributed by atoms with Crippen molar-refractivity contribution in [2.45, 2.75) is 168 Å². The average Bonchev–Trinajstić information content (AvgIpc) is 1.03. The van der Waals surface area contributed by atoms with Gasteiger partial charge in [-0.1, -0.05) is 312 Å². The van der Waals surface area contributed by atoms with Crippen LogP contribution in [0.1, 0.15) is 107 Å². The maximum atomic E-state index is 4.97. The van der Waals surface area contributed by atoms with E-state index in [1.807, 2.05) is 127 Å². The van der Waals surface area contributed by atoms with Crippen molar-refractivity contribution in [1.29, 1.82) is 0 Å². The molecule has 6 aliphatic rings. The molecule has 0 atom stereocenters. The minimum atomic E-state index is -1.45. The van der Waals surface area contributed by atoms with Crippen molar-refractivity contribution in [1.82, 2.24) is 29.9 Å². The molecule has 15 aromatic rings. The molecular weight excluding hydrogens is 2150 g/mol. The molecule has 6 nitrogen and oxygen atoms in total. The van der Waals surface area contributed by atoms with Crippen LogP contribution in [0.2, 0.25) is 58.9 Å². The van der Waals surface area contributed by atoms with Crippen LogP contribution in [0, 0.1) is 77.8 Å². The first kappa shape index (κ1) is 98.5. The molecule has 21 rings (SSSR count). The van der Waals surface area contributed by atoms with Crippen molar-refractivity contribution < 1.29 is 60.3 Å². The van der Waals surface area contributed by atoms with Crippen molar-refractivity contribution in [3.8, 4) is 101 Å². The average molecular weight is 2270 g/mol. The van der Waals surface area contributed by atoms with Gasteiger partial charge in [-0.05, 0) is 161 Å². The summed E-state index contributed by atoms with van der Waals surface area (Å²) in [5, 5.41) is 4.64. The summed E-state index contributed by atoms with van der Waals surface area (Å²) in [6.45, 7) is 22.0. The summed E-state index contributed by atoms with van der Waals surface area (Å²) < 4.78 is 0. The molecule has 0 saturated heterocycles. The Kier molecular flexibility index (Phi) is 36.7. The second-order valence-electron chi connectivity index (χ2n) is 38.3. The van der Waals surface area contributed by atoms with Crippen LogP contribution in [0.3, 0.4) is 0 Å². The summed E-state index contributed by atoms with van der Waals surface area (Å²) in [6.07, 6.45) is 35.8. The Bertz CT molecular complexity index is 5500. The van der Waals surface area contributed by atoms with Gasteiger partial charge in [0.1, 0.15) is 0 Å². The first-order valence-electron chi connectivity index (χ1n) is 46.2. The van der Waals surface area contributed by atoms with Gasteiger partial charge in [-0.2, -0.15) is 0 Å². The van der Waals surface area contributed by atoms with Crippen LogP contribution >= 0.6 is 0 Å². The summed E-state index contributed by atoms with van der Waals surface area (Å²) >= 11 is 0. The molecule has 6 aliphatic carbocycles. The topological polar surface area (TPSA) is 77.3 Å². The Morgan fingerprint density at radius 1 is 0.264 bits per heavy atom. The van der Waals surface area contributed by atoms with Crippen molar-refractivity contribution in [3.05, 3.63) is 381 Å². The Hall–Kier alpha value is -9.52. The van der Waals surface area contributed by atoms with Gasteiger partial charge in [-0.15, -0.1) is 197 Å². The Morgan fingerprint density at radius 3 is 0.822 bits per heavy atom. The van der Waals surface area contributed by atoms with Crippen molar-refractivity contribution >= 4 is 39.8 Å². The standard InChI is InChI=1S/C31H36NSi.C27H32NSi.C26H30NSi.3C11H8N.3Ir/c1-33(2,3)31-20-32-30(25-11-9-24(10-12-25)23-7-5-4-6-8-23)19-28(31)18-29-26-14-21-13-22(16-26)17-27(29)15-21;1-29(2,3)27-20-28-26(19-25(27)18-21-10-6-4-7-11-21)24-16-14-23(15-17-24)22-12-8-5-9-13-22;1-28(2,3)26-19-27-25(18-24(26)17-20-9-7-8-10-20)23-15-13-22(14-16-23)21-11-5-4-6-12-21;3*1-2-6-10(7-3-1)11-8-4-5-9-12-11;;;/h4-11,19-22,26-27,29H,13-18H2,1-3H3;5,8-9,12-16,19-21H,4,6-7,10-11,18H2,1-3H3;4-6,11-15,18-20H,7-10,17H2,1-3H3;3*1-6,8-9H;;;/q6*-1;;;. The second-order valence-corrected chi connectivity index (χ2v) is 53.5. The number of benzene rings is 9. The molecule has 0 spiro atoms. The molecule has 0 aliphatic heterocycles. The molecule has 9 aromatic carbocycles. The van der Waals surface area contributed by atoms with Gasteiger partial charge in [-0.25, -0.2) is 0 Å². The van der Waals surface area contributed by atoms with E-state index in [9.17, 15) is 0 Å². The number of hydrogen-bond donors (Lipinski definition) is 0. The third kappa shape index (κ3) is 27.8. The van der Waals surface area contributed by atoms with Gasteiger partial charge in [0.25, 0.3) is 0 Å². The predicted octanol–water partition coefficient (Wildman–Crippen LogP) is 28.4. The SMILES string of the molecule is C[Si](C)(C)c1cnc(-c2[c-]cc(-c3ccccc3)cc2)cc1CC1C2CC3CC(C2)CC1C3.C[Si](C)(C)c1cnc(-c2[c-]cc(-c3ccccc3)cc2)cc1CC1CCCC1.C[Si](C)(C)c1cnc(-c2[c-]cc(-c3ccccc3)cc2)cc1CC1CCCCC1.[Ir].[Ir].[Ir].[c-]1ccccc1-c1ccccn1.[c-]1ccccc1-c1ccccn1.[c-]1ccccc1-c1ccccn1. The molecule has 0 amide bonds. The third-order valence-electron chi connectivity index (χ3n) is 26.0. The van der Waals surface area contributed by atoms with E-state index >= 15 is 0 Å². The summed E-state index contributed by atoms with van der Waals surface area (Å²) in [5.41, 5.74) is 24.6. The van der Waals surface area contributed by atoms with Gasteiger partial charge < -0.3 is 29.9 Å². The van der Waals surface area contributed by atoms with Crippen LogP contribution in [0.5, 0.6) is 0 Å². The second kappa shape index (κ2) is 48.0. The van der Waals surface area contributed by atoms with E-state index in [1.54, 1.807) is 34.9 Å². The zero-order chi connectivity index (χ0) is 87.1. The monoisotopic (exact) mass is 2270 g/mol. The predicted molar refractivity (Wildman–Crippen MR) is 536 cm³/mol. The molecule has 6 heterocycles. The fourth-order valence-electron chi connectivity index (χ4n) is 19.7. The fraction of sp³-hybridized carbons (Fsp3) is 0.282. The summed E-state index contributed by atoms with van der Waals surface area (Å²) in [7, 11) is -4.26. The minimum absolute atomic E-state index is 0. The van der Waals surface area contributed by atoms with Crippen LogP contribution in [-0.2, 0) is 79.6 Å². The number of pyridine rings is 6. The van der Waals surface area contributed by atoms with Crippen LogP contribution in [0.4, 0.5) is 0 Å². The van der Waals surface area contributed by atoms with E-state index in [0.717, 1.165) is 109 Å². The molecule has 12 heteroatoms. The van der Waals surface area contributed by atoms with Gasteiger partial charge in [0, 0.05) is 97.5 Å². The van der Waals surface area contributed by atoms with Gasteiger partial charge >= 0.3 is 0 Å². The maximum absolute atomic E-state index is 4.97. The zero-order valence-corrected chi connectivity index (χ0v) is 86.6. The molecule has 6 saturated carbocycles. The van der Waals surface area contributed by atoms with Gasteiger partial charge in [0.05, 0.1) is 24.2 Å². The van der Waals surface area contributed by atoms with Gasteiger partial charge in [-0.3, -0.25) is 0 Å².